The van der Waals surface area contributed by atoms with Gasteiger partial charge in [-0.25, -0.2) is 0 Å². The summed E-state index contributed by atoms with van der Waals surface area (Å²) in [6.07, 6.45) is -4.39. The third-order valence-corrected chi connectivity index (χ3v) is 3.04. The van der Waals surface area contributed by atoms with E-state index in [1.165, 1.54) is 17.4 Å². The van der Waals surface area contributed by atoms with Crippen LogP contribution in [0.15, 0.2) is 35.0 Å². The van der Waals surface area contributed by atoms with Gasteiger partial charge in [-0.2, -0.15) is 24.5 Å². The first-order chi connectivity index (χ1) is 8.47. The maximum Gasteiger partial charge on any atom is 0.416 e. The molecular formula is C12H10F3NOS. The summed E-state index contributed by atoms with van der Waals surface area (Å²) in [7, 11) is 0. The first kappa shape index (κ1) is 12.8. The molecule has 0 aliphatic heterocycles. The van der Waals surface area contributed by atoms with Crippen LogP contribution in [-0.4, -0.2) is 0 Å². The fourth-order valence-electron chi connectivity index (χ4n) is 1.39. The monoisotopic (exact) mass is 273 g/mol. The fourth-order valence-corrected chi connectivity index (χ4v) is 2.05. The van der Waals surface area contributed by atoms with E-state index < -0.39 is 11.7 Å². The third-order valence-electron chi connectivity index (χ3n) is 2.31. The molecule has 2 nitrogen and oxygen atoms in total. The Morgan fingerprint density at radius 3 is 2.56 bits per heavy atom. The standard InChI is InChI=1S/C12H10F3NOS/c13-12(14,15)9-1-2-11(10(16)5-9)17-6-8-3-4-18-7-8/h1-5,7H,6,16H2. The Morgan fingerprint density at radius 2 is 2.00 bits per heavy atom. The van der Waals surface area contributed by atoms with Gasteiger partial charge in [0.2, 0.25) is 0 Å². The van der Waals surface area contributed by atoms with Crippen molar-refractivity contribution in [3.05, 3.63) is 46.2 Å². The number of ether oxygens (including phenoxy) is 1. The van der Waals surface area contributed by atoms with Gasteiger partial charge in [-0.05, 0) is 40.6 Å². The van der Waals surface area contributed by atoms with Crippen molar-refractivity contribution in [3.63, 3.8) is 0 Å². The van der Waals surface area contributed by atoms with Crippen LogP contribution in [0, 0.1) is 0 Å². The highest BCUT2D eigenvalue weighted by Crippen LogP contribution is 2.33. The van der Waals surface area contributed by atoms with Gasteiger partial charge in [-0.1, -0.05) is 0 Å². The average Bonchev–Trinajstić information content (AvgIpc) is 2.79. The van der Waals surface area contributed by atoms with Crippen LogP contribution in [0.5, 0.6) is 5.75 Å². The molecule has 2 rings (SSSR count). The second-order valence-corrected chi connectivity index (χ2v) is 4.45. The maximum absolute atomic E-state index is 12.4. The molecule has 0 unspecified atom stereocenters. The van der Waals surface area contributed by atoms with Gasteiger partial charge in [0.05, 0.1) is 11.3 Å². The van der Waals surface area contributed by atoms with E-state index in [0.29, 0.717) is 6.61 Å². The Bertz CT molecular complexity index is 523. The van der Waals surface area contributed by atoms with Crippen molar-refractivity contribution >= 4 is 17.0 Å². The van der Waals surface area contributed by atoms with E-state index in [2.05, 4.69) is 0 Å². The van der Waals surface area contributed by atoms with Crippen molar-refractivity contribution in [2.24, 2.45) is 0 Å². The maximum atomic E-state index is 12.4. The SMILES string of the molecule is Nc1cc(C(F)(F)F)ccc1OCc1ccsc1. The quantitative estimate of drug-likeness (QED) is 0.860. The van der Waals surface area contributed by atoms with E-state index in [1.807, 2.05) is 16.8 Å². The molecule has 0 saturated heterocycles. The van der Waals surface area contributed by atoms with Crippen LogP contribution in [0.1, 0.15) is 11.1 Å². The van der Waals surface area contributed by atoms with Crippen LogP contribution in [0.4, 0.5) is 18.9 Å². The zero-order valence-electron chi connectivity index (χ0n) is 9.20. The summed E-state index contributed by atoms with van der Waals surface area (Å²) in [6, 6.07) is 4.96. The van der Waals surface area contributed by atoms with Crippen molar-refractivity contribution in [3.8, 4) is 5.75 Å². The average molecular weight is 273 g/mol. The lowest BCUT2D eigenvalue weighted by atomic mass is 10.2. The topological polar surface area (TPSA) is 35.2 Å². The number of benzene rings is 1. The molecule has 96 valence electrons. The van der Waals surface area contributed by atoms with Crippen LogP contribution in [0.25, 0.3) is 0 Å². The van der Waals surface area contributed by atoms with E-state index in [1.54, 1.807) is 0 Å². The van der Waals surface area contributed by atoms with Gasteiger partial charge in [-0.15, -0.1) is 0 Å². The van der Waals surface area contributed by atoms with Gasteiger partial charge < -0.3 is 10.5 Å². The number of nitrogen functional groups attached to an aromatic ring is 1. The zero-order chi connectivity index (χ0) is 13.2. The first-order valence-corrected chi connectivity index (χ1v) is 6.01. The minimum absolute atomic E-state index is 0.0138. The summed E-state index contributed by atoms with van der Waals surface area (Å²) in [6.45, 7) is 0.291. The molecule has 1 aromatic heterocycles. The molecule has 0 radical (unpaired) electrons. The second kappa shape index (κ2) is 4.89. The Hall–Kier alpha value is -1.69. The Morgan fingerprint density at radius 1 is 1.22 bits per heavy atom. The normalized spacial score (nSPS) is 11.5. The molecule has 0 saturated carbocycles. The van der Waals surface area contributed by atoms with E-state index in [-0.39, 0.29) is 11.4 Å². The van der Waals surface area contributed by atoms with Crippen molar-refractivity contribution in [1.82, 2.24) is 0 Å². The summed E-state index contributed by atoms with van der Waals surface area (Å²) in [5.74, 6) is 0.259. The molecule has 0 amide bonds. The summed E-state index contributed by atoms with van der Waals surface area (Å²) in [5, 5.41) is 3.80. The Labute approximate surface area is 106 Å². The van der Waals surface area contributed by atoms with E-state index in [0.717, 1.165) is 17.7 Å². The molecule has 1 aromatic carbocycles. The van der Waals surface area contributed by atoms with Crippen LogP contribution >= 0.6 is 11.3 Å². The molecular weight excluding hydrogens is 263 g/mol. The van der Waals surface area contributed by atoms with Gasteiger partial charge in [0.25, 0.3) is 0 Å². The molecule has 0 fully saturated rings. The highest BCUT2D eigenvalue weighted by Gasteiger charge is 2.30. The molecule has 18 heavy (non-hydrogen) atoms. The van der Waals surface area contributed by atoms with E-state index in [9.17, 15) is 13.2 Å². The molecule has 0 aliphatic rings. The highest BCUT2D eigenvalue weighted by atomic mass is 32.1. The van der Waals surface area contributed by atoms with Crippen LogP contribution in [0.3, 0.4) is 0 Å². The first-order valence-electron chi connectivity index (χ1n) is 5.07. The van der Waals surface area contributed by atoms with Crippen molar-refractivity contribution < 1.29 is 17.9 Å². The smallest absolute Gasteiger partial charge is 0.416 e. The van der Waals surface area contributed by atoms with E-state index in [4.69, 9.17) is 10.5 Å². The van der Waals surface area contributed by atoms with Gasteiger partial charge in [0, 0.05) is 0 Å². The van der Waals surface area contributed by atoms with Gasteiger partial charge in [-0.3, -0.25) is 0 Å². The van der Waals surface area contributed by atoms with Gasteiger partial charge in [0.1, 0.15) is 12.4 Å². The van der Waals surface area contributed by atoms with Crippen molar-refractivity contribution in [1.29, 1.82) is 0 Å². The lowest BCUT2D eigenvalue weighted by Gasteiger charge is -2.11. The Kier molecular flexibility index (Phi) is 3.47. The number of alkyl halides is 3. The predicted molar refractivity (Wildman–Crippen MR) is 64.5 cm³/mol. The van der Waals surface area contributed by atoms with Crippen molar-refractivity contribution in [2.45, 2.75) is 12.8 Å². The number of hydrogen-bond acceptors (Lipinski definition) is 3. The minimum atomic E-state index is -4.39. The number of hydrogen-bond donors (Lipinski definition) is 1. The summed E-state index contributed by atoms with van der Waals surface area (Å²) in [4.78, 5) is 0. The zero-order valence-corrected chi connectivity index (χ0v) is 10.0. The number of rotatable bonds is 3. The molecule has 2 aromatic rings. The highest BCUT2D eigenvalue weighted by molar-refractivity contribution is 7.07. The minimum Gasteiger partial charge on any atom is -0.487 e. The Balaban J connectivity index is 2.10. The molecule has 1 heterocycles. The number of nitrogens with two attached hydrogens (primary N) is 1. The van der Waals surface area contributed by atoms with E-state index >= 15 is 0 Å². The van der Waals surface area contributed by atoms with Gasteiger partial charge >= 0.3 is 6.18 Å². The molecule has 0 spiro atoms. The van der Waals surface area contributed by atoms with Crippen LogP contribution in [0.2, 0.25) is 0 Å². The number of halogens is 3. The second-order valence-electron chi connectivity index (χ2n) is 3.67. The predicted octanol–water partition coefficient (Wildman–Crippen LogP) is 3.93. The lowest BCUT2D eigenvalue weighted by molar-refractivity contribution is -0.137. The van der Waals surface area contributed by atoms with Gasteiger partial charge in [0.15, 0.2) is 0 Å². The summed E-state index contributed by atoms with van der Waals surface area (Å²) >= 11 is 1.52. The third kappa shape index (κ3) is 2.95. The fraction of sp³-hybridized carbons (Fsp3) is 0.167. The van der Waals surface area contributed by atoms with Crippen molar-refractivity contribution in [2.75, 3.05) is 5.73 Å². The molecule has 0 atom stereocenters. The molecule has 0 aliphatic carbocycles. The largest absolute Gasteiger partial charge is 0.487 e. The molecule has 6 heteroatoms. The van der Waals surface area contributed by atoms with Crippen LogP contribution < -0.4 is 10.5 Å². The van der Waals surface area contributed by atoms with Crippen LogP contribution in [-0.2, 0) is 12.8 Å². The summed E-state index contributed by atoms with van der Waals surface area (Å²) < 4.78 is 42.6. The molecule has 0 bridgehead atoms. The summed E-state index contributed by atoms with van der Waals surface area (Å²) in [5.41, 5.74) is 5.70. The number of thiophene rings is 1. The molecule has 2 N–H and O–H groups in total. The lowest BCUT2D eigenvalue weighted by Crippen LogP contribution is -2.06. The number of anilines is 1.